The van der Waals surface area contributed by atoms with Crippen LogP contribution in [-0.4, -0.2) is 46.4 Å². The lowest BCUT2D eigenvalue weighted by Crippen LogP contribution is -2.38. The minimum absolute atomic E-state index is 0.740. The predicted molar refractivity (Wildman–Crippen MR) is 87.2 cm³/mol. The van der Waals surface area contributed by atoms with Crippen LogP contribution in [-0.2, 0) is 11.2 Å². The van der Waals surface area contributed by atoms with Crippen molar-refractivity contribution in [3.05, 3.63) is 29.8 Å². The van der Waals surface area contributed by atoms with Crippen molar-refractivity contribution in [1.29, 1.82) is 0 Å². The minimum Gasteiger partial charge on any atom is -0.496 e. The highest BCUT2D eigenvalue weighted by molar-refractivity contribution is 5.79. The van der Waals surface area contributed by atoms with Crippen molar-refractivity contribution < 1.29 is 9.47 Å². The van der Waals surface area contributed by atoms with Crippen LogP contribution >= 0.6 is 0 Å². The van der Waals surface area contributed by atoms with E-state index in [0.717, 1.165) is 50.8 Å². The second-order valence-electron chi connectivity index (χ2n) is 4.60. The van der Waals surface area contributed by atoms with Crippen LogP contribution in [0.2, 0.25) is 0 Å². The van der Waals surface area contributed by atoms with E-state index in [4.69, 9.17) is 9.47 Å². The Hall–Kier alpha value is -1.75. The third-order valence-corrected chi connectivity index (χ3v) is 3.00. The normalized spacial score (nSPS) is 11.3. The fourth-order valence-corrected chi connectivity index (χ4v) is 1.97. The average molecular weight is 293 g/mol. The molecule has 1 aromatic carbocycles. The second kappa shape index (κ2) is 11.0. The number of hydrogen-bond acceptors (Lipinski definition) is 3. The number of benzene rings is 1. The van der Waals surface area contributed by atoms with Crippen LogP contribution < -0.4 is 15.4 Å². The molecule has 0 radical (unpaired) electrons. The van der Waals surface area contributed by atoms with Crippen molar-refractivity contribution in [3.8, 4) is 5.75 Å². The van der Waals surface area contributed by atoms with Gasteiger partial charge in [-0.15, -0.1) is 0 Å². The Morgan fingerprint density at radius 2 is 2.00 bits per heavy atom. The summed E-state index contributed by atoms with van der Waals surface area (Å²) in [5, 5.41) is 6.58. The third-order valence-electron chi connectivity index (χ3n) is 3.00. The molecule has 2 N–H and O–H groups in total. The zero-order valence-corrected chi connectivity index (χ0v) is 13.3. The maximum Gasteiger partial charge on any atom is 0.191 e. The summed E-state index contributed by atoms with van der Waals surface area (Å²) in [6, 6.07) is 8.08. The van der Waals surface area contributed by atoms with E-state index in [9.17, 15) is 0 Å². The van der Waals surface area contributed by atoms with Crippen molar-refractivity contribution in [2.75, 3.05) is 40.5 Å². The first-order valence-corrected chi connectivity index (χ1v) is 7.44. The third kappa shape index (κ3) is 6.99. The van der Waals surface area contributed by atoms with Gasteiger partial charge in [0.05, 0.1) is 7.11 Å². The number of methoxy groups -OCH3 is 2. The standard InChI is InChI=1S/C16H27N3O2/c1-4-17-16(18-11-7-13-20-2)19-12-10-14-8-5-6-9-15(14)21-3/h5-6,8-9H,4,7,10-13H2,1-3H3,(H2,17,18,19). The van der Waals surface area contributed by atoms with Crippen molar-refractivity contribution in [2.45, 2.75) is 19.8 Å². The van der Waals surface area contributed by atoms with Gasteiger partial charge in [0.25, 0.3) is 0 Å². The van der Waals surface area contributed by atoms with E-state index in [2.05, 4.69) is 28.6 Å². The Morgan fingerprint density at radius 1 is 1.19 bits per heavy atom. The molecule has 0 saturated carbocycles. The number of ether oxygens (including phenoxy) is 2. The molecule has 5 nitrogen and oxygen atoms in total. The molecule has 0 amide bonds. The van der Waals surface area contributed by atoms with E-state index in [0.29, 0.717) is 0 Å². The van der Waals surface area contributed by atoms with Gasteiger partial charge in [-0.25, -0.2) is 0 Å². The highest BCUT2D eigenvalue weighted by atomic mass is 16.5. The number of hydrogen-bond donors (Lipinski definition) is 2. The maximum atomic E-state index is 5.35. The zero-order chi connectivity index (χ0) is 15.3. The van der Waals surface area contributed by atoms with Crippen molar-refractivity contribution >= 4 is 5.96 Å². The molecule has 118 valence electrons. The van der Waals surface area contributed by atoms with Gasteiger partial charge in [-0.3, -0.25) is 4.99 Å². The second-order valence-corrected chi connectivity index (χ2v) is 4.60. The molecule has 0 aromatic heterocycles. The summed E-state index contributed by atoms with van der Waals surface area (Å²) >= 11 is 0. The van der Waals surface area contributed by atoms with E-state index in [1.807, 2.05) is 18.2 Å². The Labute approximate surface area is 127 Å². The first-order chi connectivity index (χ1) is 10.3. The molecule has 21 heavy (non-hydrogen) atoms. The number of guanidine groups is 1. The van der Waals surface area contributed by atoms with E-state index in [1.54, 1.807) is 14.2 Å². The van der Waals surface area contributed by atoms with E-state index < -0.39 is 0 Å². The van der Waals surface area contributed by atoms with Gasteiger partial charge in [0, 0.05) is 33.4 Å². The molecular formula is C16H27N3O2. The molecule has 1 rings (SSSR count). The van der Waals surface area contributed by atoms with E-state index in [1.165, 1.54) is 5.56 Å². The predicted octanol–water partition coefficient (Wildman–Crippen LogP) is 1.83. The van der Waals surface area contributed by atoms with E-state index >= 15 is 0 Å². The smallest absolute Gasteiger partial charge is 0.191 e. The van der Waals surface area contributed by atoms with Gasteiger partial charge in [0.2, 0.25) is 0 Å². The Morgan fingerprint density at radius 3 is 2.71 bits per heavy atom. The van der Waals surface area contributed by atoms with Gasteiger partial charge in [-0.05, 0) is 31.4 Å². The van der Waals surface area contributed by atoms with Gasteiger partial charge in [0.1, 0.15) is 5.75 Å². The molecular weight excluding hydrogens is 266 g/mol. The highest BCUT2D eigenvalue weighted by Gasteiger charge is 2.02. The Bertz CT molecular complexity index is 422. The summed E-state index contributed by atoms with van der Waals surface area (Å²) in [4.78, 5) is 4.51. The largest absolute Gasteiger partial charge is 0.496 e. The first kappa shape index (κ1) is 17.3. The maximum absolute atomic E-state index is 5.35. The molecule has 0 atom stereocenters. The summed E-state index contributed by atoms with van der Waals surface area (Å²) in [7, 11) is 3.41. The number of rotatable bonds is 9. The highest BCUT2D eigenvalue weighted by Crippen LogP contribution is 2.17. The van der Waals surface area contributed by atoms with Crippen molar-refractivity contribution in [3.63, 3.8) is 0 Å². The first-order valence-electron chi connectivity index (χ1n) is 7.44. The lowest BCUT2D eigenvalue weighted by atomic mass is 10.1. The number of aliphatic imine (C=N–C) groups is 1. The molecule has 0 saturated heterocycles. The van der Waals surface area contributed by atoms with Gasteiger partial charge in [-0.2, -0.15) is 0 Å². The summed E-state index contributed by atoms with van der Waals surface area (Å²) in [6.45, 7) is 5.23. The van der Waals surface area contributed by atoms with Crippen LogP contribution in [0.1, 0.15) is 18.9 Å². The molecule has 0 aliphatic heterocycles. The van der Waals surface area contributed by atoms with E-state index in [-0.39, 0.29) is 0 Å². The topological polar surface area (TPSA) is 54.9 Å². The zero-order valence-electron chi connectivity index (χ0n) is 13.3. The molecule has 0 spiro atoms. The molecule has 0 fully saturated rings. The summed E-state index contributed by atoms with van der Waals surface area (Å²) < 4.78 is 10.4. The molecule has 0 bridgehead atoms. The quantitative estimate of drug-likeness (QED) is 0.414. The number of para-hydroxylation sites is 1. The fourth-order valence-electron chi connectivity index (χ4n) is 1.97. The van der Waals surface area contributed by atoms with Crippen LogP contribution in [0.15, 0.2) is 29.3 Å². The van der Waals surface area contributed by atoms with Gasteiger partial charge < -0.3 is 20.1 Å². The SMILES string of the molecule is CCNC(=NCCCOC)NCCc1ccccc1OC. The van der Waals surface area contributed by atoms with Gasteiger partial charge in [0.15, 0.2) is 5.96 Å². The van der Waals surface area contributed by atoms with Gasteiger partial charge in [-0.1, -0.05) is 18.2 Å². The molecule has 5 heteroatoms. The number of nitrogens with zero attached hydrogens (tertiary/aromatic N) is 1. The minimum atomic E-state index is 0.740. The summed E-state index contributed by atoms with van der Waals surface area (Å²) in [6.07, 6.45) is 1.83. The fraction of sp³-hybridized carbons (Fsp3) is 0.562. The molecule has 1 aromatic rings. The molecule has 0 aliphatic rings. The van der Waals surface area contributed by atoms with Crippen LogP contribution in [0.3, 0.4) is 0 Å². The van der Waals surface area contributed by atoms with Crippen LogP contribution in [0.4, 0.5) is 0 Å². The molecule has 0 aliphatic carbocycles. The van der Waals surface area contributed by atoms with Gasteiger partial charge >= 0.3 is 0 Å². The van der Waals surface area contributed by atoms with Crippen LogP contribution in [0.25, 0.3) is 0 Å². The van der Waals surface area contributed by atoms with Crippen LogP contribution in [0.5, 0.6) is 5.75 Å². The summed E-state index contributed by atoms with van der Waals surface area (Å²) in [5.41, 5.74) is 1.20. The number of nitrogens with one attached hydrogen (secondary N) is 2. The van der Waals surface area contributed by atoms with Crippen molar-refractivity contribution in [1.82, 2.24) is 10.6 Å². The monoisotopic (exact) mass is 293 g/mol. The average Bonchev–Trinajstić information content (AvgIpc) is 2.52. The Kier molecular flexibility index (Phi) is 9.04. The Balaban J connectivity index is 2.42. The van der Waals surface area contributed by atoms with Crippen molar-refractivity contribution in [2.24, 2.45) is 4.99 Å². The molecule has 0 heterocycles. The summed E-state index contributed by atoms with van der Waals surface area (Å²) in [5.74, 6) is 1.78. The van der Waals surface area contributed by atoms with Crippen LogP contribution in [0, 0.1) is 0 Å². The lowest BCUT2D eigenvalue weighted by molar-refractivity contribution is 0.197. The lowest BCUT2D eigenvalue weighted by Gasteiger charge is -2.12. The molecule has 0 unspecified atom stereocenters.